The maximum Gasteiger partial charge on any atom is 0.348 e. The Balaban J connectivity index is 4.87. The Kier molecular flexibility index (Phi) is 5.85. The molecule has 0 aromatic carbocycles. The summed E-state index contributed by atoms with van der Waals surface area (Å²) in [6, 6.07) is 0. The molecule has 0 heterocycles. The van der Waals surface area contributed by atoms with Crippen molar-refractivity contribution in [2.24, 2.45) is 0 Å². The Labute approximate surface area is 104 Å². The number of carboxylic acids is 3. The van der Waals surface area contributed by atoms with E-state index in [4.69, 9.17) is 30.6 Å². The number of carbonyl (C=O) groups is 4. The molecule has 0 saturated heterocycles. The lowest BCUT2D eigenvalue weighted by Gasteiger charge is -2.19. The summed E-state index contributed by atoms with van der Waals surface area (Å²) >= 11 is 0. The summed E-state index contributed by atoms with van der Waals surface area (Å²) in [5.41, 5.74) is 0. The van der Waals surface area contributed by atoms with Gasteiger partial charge in [-0.2, -0.15) is 0 Å². The number of aliphatic hydroxyl groups excluding tert-OH is 3. The van der Waals surface area contributed by atoms with Crippen molar-refractivity contribution in [1.29, 1.82) is 0 Å². The average molecular weight is 282 g/mol. The fourth-order valence-electron chi connectivity index (χ4n) is 0.838. The van der Waals surface area contributed by atoms with Gasteiger partial charge in [0.2, 0.25) is 6.10 Å². The van der Waals surface area contributed by atoms with E-state index < -0.39 is 48.3 Å². The third-order valence-electron chi connectivity index (χ3n) is 1.82. The van der Waals surface area contributed by atoms with Crippen molar-refractivity contribution >= 4 is 23.9 Å². The molecule has 2 unspecified atom stereocenters. The number of aliphatic hydroxyl groups is 3. The molecule has 108 valence electrons. The van der Waals surface area contributed by atoms with Gasteiger partial charge in [-0.1, -0.05) is 0 Å². The van der Waals surface area contributed by atoms with E-state index in [1.807, 2.05) is 0 Å². The molecule has 19 heavy (non-hydrogen) atoms. The van der Waals surface area contributed by atoms with Gasteiger partial charge in [0, 0.05) is 0 Å². The predicted molar refractivity (Wildman–Crippen MR) is 50.8 cm³/mol. The van der Waals surface area contributed by atoms with E-state index in [1.165, 1.54) is 0 Å². The smallest absolute Gasteiger partial charge is 0.348 e. The summed E-state index contributed by atoms with van der Waals surface area (Å²) in [6.07, 6.45) is -10.4. The van der Waals surface area contributed by atoms with Gasteiger partial charge < -0.3 is 35.4 Å². The van der Waals surface area contributed by atoms with Gasteiger partial charge in [-0.25, -0.2) is 19.2 Å². The van der Waals surface area contributed by atoms with Crippen LogP contribution in [0.4, 0.5) is 0 Å². The highest BCUT2D eigenvalue weighted by Crippen LogP contribution is 2.06. The zero-order valence-corrected chi connectivity index (χ0v) is 9.03. The number of aliphatic carboxylic acids is 3. The Morgan fingerprint density at radius 2 is 1.11 bits per heavy atom. The molecule has 0 fully saturated rings. The number of rotatable bonds is 7. The zero-order chi connectivity index (χ0) is 15.3. The van der Waals surface area contributed by atoms with Gasteiger partial charge in [-0.3, -0.25) is 0 Å². The second kappa shape index (κ2) is 6.63. The molecule has 4 atom stereocenters. The molecule has 0 aromatic rings. The Morgan fingerprint density at radius 1 is 0.684 bits per heavy atom. The van der Waals surface area contributed by atoms with Crippen LogP contribution < -0.4 is 0 Å². The molecule has 0 aliphatic carbocycles. The molecule has 0 aliphatic heterocycles. The summed E-state index contributed by atoms with van der Waals surface area (Å²) in [4.78, 5) is 42.2. The number of esters is 1. The molecule has 0 aromatic heterocycles. The largest absolute Gasteiger partial charge is 0.479 e. The van der Waals surface area contributed by atoms with Gasteiger partial charge in [0.05, 0.1) is 0 Å². The van der Waals surface area contributed by atoms with Crippen molar-refractivity contribution in [1.82, 2.24) is 0 Å². The average Bonchev–Trinajstić information content (AvgIpc) is 2.31. The molecule has 0 saturated carbocycles. The zero-order valence-electron chi connectivity index (χ0n) is 9.03. The van der Waals surface area contributed by atoms with Crippen LogP contribution >= 0.6 is 0 Å². The first-order chi connectivity index (χ1) is 8.59. The van der Waals surface area contributed by atoms with Crippen molar-refractivity contribution in [3.05, 3.63) is 0 Å². The predicted octanol–water partition coefficient (Wildman–Crippen LogP) is -3.77. The van der Waals surface area contributed by atoms with Crippen molar-refractivity contribution in [3.8, 4) is 0 Å². The van der Waals surface area contributed by atoms with E-state index in [0.717, 1.165) is 0 Å². The highest BCUT2D eigenvalue weighted by Gasteiger charge is 2.39. The van der Waals surface area contributed by atoms with Gasteiger partial charge in [0.25, 0.3) is 0 Å². The molecule has 0 bridgehead atoms. The summed E-state index contributed by atoms with van der Waals surface area (Å²) in [5, 5.41) is 51.8. The van der Waals surface area contributed by atoms with E-state index in [2.05, 4.69) is 4.74 Å². The van der Waals surface area contributed by atoms with Crippen LogP contribution in [0.5, 0.6) is 0 Å². The molecule has 11 nitrogen and oxygen atoms in total. The van der Waals surface area contributed by atoms with Crippen LogP contribution in [0.15, 0.2) is 0 Å². The lowest BCUT2D eigenvalue weighted by Crippen LogP contribution is -2.47. The van der Waals surface area contributed by atoms with Gasteiger partial charge >= 0.3 is 23.9 Å². The minimum absolute atomic E-state index is 1.91. The topological polar surface area (TPSA) is 199 Å². The lowest BCUT2D eigenvalue weighted by atomic mass is 10.2. The van der Waals surface area contributed by atoms with Crippen LogP contribution in [0.1, 0.15) is 0 Å². The molecule has 6 N–H and O–H groups in total. The number of hydrogen-bond donors (Lipinski definition) is 6. The third kappa shape index (κ3) is 4.50. The summed E-state index contributed by atoms with van der Waals surface area (Å²) in [7, 11) is 0. The van der Waals surface area contributed by atoms with E-state index >= 15 is 0 Å². The first kappa shape index (κ1) is 16.8. The third-order valence-corrected chi connectivity index (χ3v) is 1.82. The molecule has 0 spiro atoms. The maximum atomic E-state index is 11.1. The standard InChI is InChI=1S/C8H10O11/c9-1(5(12)13)2(10)8(18)19-4(7(16)17)3(11)6(14)15/h1-4,9-11H,(H,12,13)(H,14,15)(H,16,17)/t1?,2?,3-,4+/m0/s1. The minimum atomic E-state index is -2.64. The Bertz CT molecular complexity index is 388. The number of carboxylic acid groups (broad SMARTS) is 3. The quantitative estimate of drug-likeness (QED) is 0.250. The SMILES string of the molecule is O=C(O)C(O)C(O)C(=O)O[C@@H](C(=O)O)[C@H](O)C(=O)O. The summed E-state index contributed by atoms with van der Waals surface area (Å²) in [5.74, 6) is -7.97. The second-order valence-corrected chi connectivity index (χ2v) is 3.21. The molecular weight excluding hydrogens is 272 g/mol. The van der Waals surface area contributed by atoms with E-state index in [1.54, 1.807) is 0 Å². The van der Waals surface area contributed by atoms with Gasteiger partial charge in [0.15, 0.2) is 18.3 Å². The van der Waals surface area contributed by atoms with Crippen molar-refractivity contribution in [2.75, 3.05) is 0 Å². The van der Waals surface area contributed by atoms with Crippen LogP contribution in [0.2, 0.25) is 0 Å². The number of ether oxygens (including phenoxy) is 1. The summed E-state index contributed by atoms with van der Waals surface area (Å²) < 4.78 is 3.93. The Hall–Kier alpha value is -2.24. The van der Waals surface area contributed by atoms with E-state index in [9.17, 15) is 19.2 Å². The van der Waals surface area contributed by atoms with Crippen molar-refractivity contribution in [3.63, 3.8) is 0 Å². The molecule has 0 amide bonds. The van der Waals surface area contributed by atoms with Gasteiger partial charge in [-0.15, -0.1) is 0 Å². The van der Waals surface area contributed by atoms with Gasteiger partial charge in [0.1, 0.15) is 0 Å². The monoisotopic (exact) mass is 282 g/mol. The first-order valence-electron chi connectivity index (χ1n) is 4.52. The number of hydrogen-bond acceptors (Lipinski definition) is 8. The van der Waals surface area contributed by atoms with E-state index in [-0.39, 0.29) is 0 Å². The van der Waals surface area contributed by atoms with Crippen LogP contribution in [0.25, 0.3) is 0 Å². The first-order valence-corrected chi connectivity index (χ1v) is 4.52. The normalized spacial score (nSPS) is 16.8. The van der Waals surface area contributed by atoms with Crippen LogP contribution in [-0.2, 0) is 23.9 Å². The van der Waals surface area contributed by atoms with Gasteiger partial charge in [-0.05, 0) is 0 Å². The Morgan fingerprint density at radius 3 is 1.42 bits per heavy atom. The van der Waals surface area contributed by atoms with Crippen LogP contribution in [-0.4, -0.2) is 78.9 Å². The fourth-order valence-corrected chi connectivity index (χ4v) is 0.838. The van der Waals surface area contributed by atoms with Crippen LogP contribution in [0, 0.1) is 0 Å². The summed E-state index contributed by atoms with van der Waals surface area (Å²) in [6.45, 7) is 0. The highest BCUT2D eigenvalue weighted by atomic mass is 16.6. The number of carbonyl (C=O) groups excluding carboxylic acids is 1. The minimum Gasteiger partial charge on any atom is -0.479 e. The highest BCUT2D eigenvalue weighted by molar-refractivity contribution is 5.88. The fraction of sp³-hybridized carbons (Fsp3) is 0.500. The van der Waals surface area contributed by atoms with Crippen molar-refractivity contribution in [2.45, 2.75) is 24.4 Å². The molecular formula is C8H10O11. The second-order valence-electron chi connectivity index (χ2n) is 3.21. The molecule has 0 rings (SSSR count). The van der Waals surface area contributed by atoms with Crippen LogP contribution in [0.3, 0.4) is 0 Å². The maximum absolute atomic E-state index is 11.1. The molecule has 0 radical (unpaired) electrons. The molecule has 11 heteroatoms. The van der Waals surface area contributed by atoms with E-state index in [0.29, 0.717) is 0 Å². The molecule has 0 aliphatic rings. The lowest BCUT2D eigenvalue weighted by molar-refractivity contribution is -0.188. The van der Waals surface area contributed by atoms with Crippen molar-refractivity contribution < 1.29 is 54.6 Å².